The number of rotatable bonds is 4. The summed E-state index contributed by atoms with van der Waals surface area (Å²) in [6, 6.07) is 17.8. The predicted molar refractivity (Wildman–Crippen MR) is 112 cm³/mol. The van der Waals surface area contributed by atoms with Crippen molar-refractivity contribution < 1.29 is 4.39 Å². The summed E-state index contributed by atoms with van der Waals surface area (Å²) in [6.45, 7) is 6.06. The van der Waals surface area contributed by atoms with Gasteiger partial charge in [0.2, 0.25) is 0 Å². The van der Waals surface area contributed by atoms with Crippen molar-refractivity contribution in [3.63, 3.8) is 0 Å². The Bertz CT molecular complexity index is 861. The van der Waals surface area contributed by atoms with E-state index in [4.69, 9.17) is 0 Å². The van der Waals surface area contributed by atoms with E-state index < -0.39 is 5.67 Å². The summed E-state index contributed by atoms with van der Waals surface area (Å²) in [7, 11) is 1.93. The zero-order chi connectivity index (χ0) is 19.2. The number of hydrogen-bond donors (Lipinski definition) is 1. The SMILES string of the molecule is CNc1ccc([C@@H]2C3=C(C[C@@H](C)N2CC(C)(C)F)c2ccccc2C3)cc1. The molecule has 0 fully saturated rings. The average molecular weight is 365 g/mol. The molecule has 0 spiro atoms. The van der Waals surface area contributed by atoms with Gasteiger partial charge in [-0.15, -0.1) is 0 Å². The minimum Gasteiger partial charge on any atom is -0.388 e. The maximum Gasteiger partial charge on any atom is 0.118 e. The smallest absolute Gasteiger partial charge is 0.118 e. The van der Waals surface area contributed by atoms with Crippen LogP contribution in [0.5, 0.6) is 0 Å². The highest BCUT2D eigenvalue weighted by atomic mass is 19.1. The third-order valence-electron chi connectivity index (χ3n) is 5.91. The normalized spacial score (nSPS) is 22.6. The first-order valence-electron chi connectivity index (χ1n) is 9.90. The van der Waals surface area contributed by atoms with Gasteiger partial charge < -0.3 is 5.32 Å². The highest BCUT2D eigenvalue weighted by Crippen LogP contribution is 2.49. The largest absolute Gasteiger partial charge is 0.388 e. The highest BCUT2D eigenvalue weighted by molar-refractivity contribution is 5.79. The summed E-state index contributed by atoms with van der Waals surface area (Å²) >= 11 is 0. The van der Waals surface area contributed by atoms with Crippen LogP contribution < -0.4 is 5.32 Å². The van der Waals surface area contributed by atoms with Crippen LogP contribution in [0, 0.1) is 0 Å². The van der Waals surface area contributed by atoms with Crippen molar-refractivity contribution in [1.29, 1.82) is 0 Å². The topological polar surface area (TPSA) is 15.3 Å². The molecule has 27 heavy (non-hydrogen) atoms. The Morgan fingerprint density at radius 2 is 1.81 bits per heavy atom. The van der Waals surface area contributed by atoms with E-state index in [1.54, 1.807) is 13.8 Å². The second-order valence-corrected chi connectivity index (χ2v) is 8.56. The van der Waals surface area contributed by atoms with Crippen LogP contribution in [0.2, 0.25) is 0 Å². The Morgan fingerprint density at radius 3 is 2.48 bits per heavy atom. The van der Waals surface area contributed by atoms with Crippen LogP contribution in [-0.2, 0) is 6.42 Å². The van der Waals surface area contributed by atoms with E-state index in [2.05, 4.69) is 65.7 Å². The van der Waals surface area contributed by atoms with Crippen LogP contribution in [-0.4, -0.2) is 30.2 Å². The van der Waals surface area contributed by atoms with Gasteiger partial charge in [0.15, 0.2) is 0 Å². The van der Waals surface area contributed by atoms with Gasteiger partial charge in [-0.1, -0.05) is 36.4 Å². The third kappa shape index (κ3) is 3.41. The van der Waals surface area contributed by atoms with Crippen LogP contribution in [0.25, 0.3) is 5.57 Å². The molecule has 2 nitrogen and oxygen atoms in total. The van der Waals surface area contributed by atoms with Crippen molar-refractivity contribution in [2.75, 3.05) is 18.9 Å². The lowest BCUT2D eigenvalue weighted by atomic mass is 9.84. The van der Waals surface area contributed by atoms with Gasteiger partial charge >= 0.3 is 0 Å². The van der Waals surface area contributed by atoms with Crippen LogP contribution in [0.1, 0.15) is 49.9 Å². The molecule has 1 aliphatic carbocycles. The van der Waals surface area contributed by atoms with E-state index in [0.717, 1.165) is 18.5 Å². The summed E-state index contributed by atoms with van der Waals surface area (Å²) in [5.74, 6) is 0. The fraction of sp³-hybridized carbons (Fsp3) is 0.417. The summed E-state index contributed by atoms with van der Waals surface area (Å²) < 4.78 is 14.7. The second kappa shape index (κ2) is 6.79. The monoisotopic (exact) mass is 364 g/mol. The standard InChI is InChI=1S/C24H29FN2/c1-16-13-21-20-8-6-5-7-18(20)14-22(21)23(27(16)15-24(2,3)25)17-9-11-19(26-4)12-10-17/h5-12,16,23,26H,13-15H2,1-4H3/t16-,23-/m1/s1. The molecule has 0 bridgehead atoms. The van der Waals surface area contributed by atoms with Gasteiger partial charge in [0.25, 0.3) is 0 Å². The number of benzene rings is 2. The van der Waals surface area contributed by atoms with Gasteiger partial charge in [0.1, 0.15) is 5.67 Å². The lowest BCUT2D eigenvalue weighted by Gasteiger charge is -2.44. The first kappa shape index (κ1) is 18.2. The van der Waals surface area contributed by atoms with E-state index in [0.29, 0.717) is 12.6 Å². The number of hydrogen-bond acceptors (Lipinski definition) is 2. The molecule has 0 unspecified atom stereocenters. The first-order valence-corrected chi connectivity index (χ1v) is 9.90. The van der Waals surface area contributed by atoms with Crippen molar-refractivity contribution in [1.82, 2.24) is 4.90 Å². The molecule has 142 valence electrons. The molecule has 2 atom stereocenters. The molecule has 4 rings (SSSR count). The Morgan fingerprint density at radius 1 is 1.11 bits per heavy atom. The maximum absolute atomic E-state index is 14.7. The Labute approximate surface area is 162 Å². The fourth-order valence-corrected chi connectivity index (χ4v) is 4.73. The number of anilines is 1. The third-order valence-corrected chi connectivity index (χ3v) is 5.91. The molecule has 2 aliphatic rings. The van der Waals surface area contributed by atoms with Gasteiger partial charge in [-0.2, -0.15) is 0 Å². The Kier molecular flexibility index (Phi) is 4.59. The lowest BCUT2D eigenvalue weighted by molar-refractivity contribution is 0.0702. The molecule has 2 aromatic rings. The van der Waals surface area contributed by atoms with Crippen LogP contribution in [0.4, 0.5) is 10.1 Å². The minimum atomic E-state index is -1.22. The molecule has 0 aromatic heterocycles. The van der Waals surface area contributed by atoms with E-state index in [9.17, 15) is 4.39 Å². The van der Waals surface area contributed by atoms with Crippen molar-refractivity contribution >= 4 is 11.3 Å². The number of halogens is 1. The Hall–Kier alpha value is -2.13. The van der Waals surface area contributed by atoms with Crippen LogP contribution in [0.3, 0.4) is 0 Å². The average Bonchev–Trinajstić information content (AvgIpc) is 2.99. The predicted octanol–water partition coefficient (Wildman–Crippen LogP) is 5.62. The van der Waals surface area contributed by atoms with E-state index in [1.165, 1.54) is 27.8 Å². The zero-order valence-corrected chi connectivity index (χ0v) is 16.7. The van der Waals surface area contributed by atoms with Crippen molar-refractivity contribution in [3.8, 4) is 0 Å². The molecular weight excluding hydrogens is 335 g/mol. The molecule has 2 aromatic carbocycles. The minimum absolute atomic E-state index is 0.136. The summed E-state index contributed by atoms with van der Waals surface area (Å²) in [5.41, 5.74) is 6.88. The molecule has 0 saturated carbocycles. The summed E-state index contributed by atoms with van der Waals surface area (Å²) in [5, 5.41) is 3.19. The maximum atomic E-state index is 14.7. The van der Waals surface area contributed by atoms with E-state index >= 15 is 0 Å². The van der Waals surface area contributed by atoms with Gasteiger partial charge in [-0.3, -0.25) is 4.90 Å². The van der Waals surface area contributed by atoms with E-state index in [1.807, 2.05) is 7.05 Å². The summed E-state index contributed by atoms with van der Waals surface area (Å²) in [6.07, 6.45) is 1.97. The van der Waals surface area contributed by atoms with Crippen molar-refractivity contribution in [2.24, 2.45) is 0 Å². The quantitative estimate of drug-likeness (QED) is 0.757. The van der Waals surface area contributed by atoms with Crippen molar-refractivity contribution in [3.05, 3.63) is 70.8 Å². The second-order valence-electron chi connectivity index (χ2n) is 8.56. The molecule has 1 N–H and O–H groups in total. The highest BCUT2D eigenvalue weighted by Gasteiger charge is 2.40. The number of alkyl halides is 1. The molecule has 3 heteroatoms. The van der Waals surface area contributed by atoms with Gasteiger partial charge in [-0.05, 0) is 73.6 Å². The van der Waals surface area contributed by atoms with Gasteiger partial charge in [0, 0.05) is 25.3 Å². The van der Waals surface area contributed by atoms with E-state index in [-0.39, 0.29) is 6.04 Å². The molecule has 0 saturated heterocycles. The fourth-order valence-electron chi connectivity index (χ4n) is 4.73. The molecule has 0 radical (unpaired) electrons. The molecule has 0 amide bonds. The zero-order valence-electron chi connectivity index (χ0n) is 16.7. The van der Waals surface area contributed by atoms with Gasteiger partial charge in [0.05, 0.1) is 6.04 Å². The summed E-state index contributed by atoms with van der Waals surface area (Å²) in [4.78, 5) is 2.37. The molecule has 1 heterocycles. The first-order chi connectivity index (χ1) is 12.9. The van der Waals surface area contributed by atoms with Crippen LogP contribution in [0.15, 0.2) is 54.1 Å². The molecule has 1 aliphatic heterocycles. The lowest BCUT2D eigenvalue weighted by Crippen LogP contribution is -2.46. The number of fused-ring (bicyclic) bond motifs is 2. The van der Waals surface area contributed by atoms with Gasteiger partial charge in [-0.25, -0.2) is 4.39 Å². The van der Waals surface area contributed by atoms with Crippen molar-refractivity contribution in [2.45, 2.75) is 51.4 Å². The number of nitrogens with one attached hydrogen (secondary N) is 1. The molecular formula is C24H29FN2. The Balaban J connectivity index is 1.81. The van der Waals surface area contributed by atoms with Crippen LogP contribution >= 0.6 is 0 Å². The number of nitrogens with zero attached hydrogens (tertiary/aromatic N) is 1.